The number of benzene rings is 2. The molecule has 2 aromatic rings. The minimum Gasteiger partial charge on any atom is -0.391 e. The Kier molecular flexibility index (Phi) is 16.9. The number of amides is 3. The summed E-state index contributed by atoms with van der Waals surface area (Å²) in [6.45, 7) is 5.63. The van der Waals surface area contributed by atoms with Gasteiger partial charge in [-0.2, -0.15) is 0 Å². The van der Waals surface area contributed by atoms with E-state index in [1.54, 1.807) is 0 Å². The largest absolute Gasteiger partial charge is 0.391 e. The first-order valence-corrected chi connectivity index (χ1v) is 17.5. The van der Waals surface area contributed by atoms with E-state index in [9.17, 15) is 24.0 Å². The van der Waals surface area contributed by atoms with Crippen LogP contribution in [0.4, 0.5) is 0 Å². The Balaban J connectivity index is 1.77. The van der Waals surface area contributed by atoms with Gasteiger partial charge in [-0.15, -0.1) is 0 Å². The van der Waals surface area contributed by atoms with Crippen molar-refractivity contribution in [3.05, 3.63) is 71.8 Å². The van der Waals surface area contributed by atoms with Crippen LogP contribution in [0.3, 0.4) is 0 Å². The number of rotatable bonds is 19. The number of nitrogens with two attached hydrogens (primary N) is 2. The fraction of sp³-hybridized carbons (Fsp3) is 0.541. The third-order valence-corrected chi connectivity index (χ3v) is 8.66. The summed E-state index contributed by atoms with van der Waals surface area (Å²) >= 11 is 0. The number of hydrogen-bond donors (Lipinski definition) is 6. The lowest BCUT2D eigenvalue weighted by atomic mass is 9.97. The van der Waals surface area contributed by atoms with E-state index in [0.717, 1.165) is 11.1 Å². The van der Waals surface area contributed by atoms with Gasteiger partial charge in [0.05, 0.1) is 11.8 Å². The van der Waals surface area contributed by atoms with E-state index in [2.05, 4.69) is 21.3 Å². The van der Waals surface area contributed by atoms with Gasteiger partial charge in [0, 0.05) is 13.0 Å². The molecule has 0 spiro atoms. The molecule has 49 heavy (non-hydrogen) atoms. The first kappa shape index (κ1) is 39.3. The molecule has 1 saturated heterocycles. The number of hydrogen-bond acceptors (Lipinski definition) is 9. The van der Waals surface area contributed by atoms with Crippen LogP contribution in [-0.4, -0.2) is 74.0 Å². The average molecular weight is 679 g/mol. The number of ether oxygens (including phenoxy) is 1. The van der Waals surface area contributed by atoms with Crippen LogP contribution < -0.4 is 32.7 Å². The van der Waals surface area contributed by atoms with Crippen LogP contribution in [0.15, 0.2) is 60.7 Å². The number of esters is 2. The van der Waals surface area contributed by atoms with Gasteiger partial charge in [0.15, 0.2) is 0 Å². The van der Waals surface area contributed by atoms with E-state index in [-0.39, 0.29) is 43.6 Å². The van der Waals surface area contributed by atoms with Gasteiger partial charge in [-0.25, -0.2) is 4.79 Å². The van der Waals surface area contributed by atoms with Crippen molar-refractivity contribution in [3.8, 4) is 0 Å². The minimum absolute atomic E-state index is 0.00478. The van der Waals surface area contributed by atoms with Crippen molar-refractivity contribution in [3.63, 3.8) is 0 Å². The Morgan fingerprint density at radius 2 is 1.31 bits per heavy atom. The van der Waals surface area contributed by atoms with Gasteiger partial charge in [-0.05, 0) is 81.6 Å². The first-order chi connectivity index (χ1) is 23.6. The standard InChI is InChI=1S/C37H54N6O6/c1-25(2)21-31(34(45)41-30(15-9-10-18-38)37(48)49-36(47)28-16-19-40-20-17-28)43-35(46)32(23-27-13-7-4-8-14-27)42-33(44)29(24-39)22-26-11-5-3-6-12-26/h3-8,11-14,25,28-32,40H,9-10,15-24,38-39H2,1-2H3,(H,41,45)(H,42,44)(H,43,46)/t29-,30-,31-,32-/m1/s1. The molecule has 0 saturated carbocycles. The maximum Gasteiger partial charge on any atom is 0.336 e. The van der Waals surface area contributed by atoms with E-state index >= 15 is 0 Å². The van der Waals surface area contributed by atoms with Crippen molar-refractivity contribution in [1.82, 2.24) is 21.3 Å². The van der Waals surface area contributed by atoms with Crippen LogP contribution >= 0.6 is 0 Å². The SMILES string of the molecule is CC(C)C[C@@H](NC(=O)[C@@H](Cc1ccccc1)NC(=O)[C@@H](CN)Cc1ccccc1)C(=O)N[C@H](CCCCN)C(=O)OC(=O)C1CCNCC1. The summed E-state index contributed by atoms with van der Waals surface area (Å²) in [5.41, 5.74) is 13.4. The second kappa shape index (κ2) is 21.1. The number of carbonyl (C=O) groups is 5. The molecule has 1 heterocycles. The predicted octanol–water partition coefficient (Wildman–Crippen LogP) is 1.75. The summed E-state index contributed by atoms with van der Waals surface area (Å²) < 4.78 is 5.25. The maximum atomic E-state index is 13.9. The van der Waals surface area contributed by atoms with Crippen LogP contribution in [0.5, 0.6) is 0 Å². The molecule has 3 amide bonds. The van der Waals surface area contributed by atoms with Crippen molar-refractivity contribution in [1.29, 1.82) is 0 Å². The highest BCUT2D eigenvalue weighted by molar-refractivity contribution is 5.95. The van der Waals surface area contributed by atoms with Gasteiger partial charge in [0.1, 0.15) is 18.1 Å². The molecule has 0 aromatic heterocycles. The Hall–Kier alpha value is -4.13. The van der Waals surface area contributed by atoms with Crippen LogP contribution in [0.25, 0.3) is 0 Å². The summed E-state index contributed by atoms with van der Waals surface area (Å²) in [6, 6.07) is 15.7. The van der Waals surface area contributed by atoms with E-state index in [1.165, 1.54) is 0 Å². The lowest BCUT2D eigenvalue weighted by Crippen LogP contribution is -2.57. The maximum absolute atomic E-state index is 13.9. The van der Waals surface area contributed by atoms with Gasteiger partial charge in [0.25, 0.3) is 0 Å². The molecule has 12 heteroatoms. The van der Waals surface area contributed by atoms with Gasteiger partial charge in [-0.1, -0.05) is 74.5 Å². The molecule has 268 valence electrons. The quantitative estimate of drug-likeness (QED) is 0.0729. The van der Waals surface area contributed by atoms with Crippen LogP contribution in [-0.2, 0) is 41.6 Å². The summed E-state index contributed by atoms with van der Waals surface area (Å²) in [5.74, 6) is -3.89. The summed E-state index contributed by atoms with van der Waals surface area (Å²) in [7, 11) is 0. The third kappa shape index (κ3) is 13.7. The van der Waals surface area contributed by atoms with E-state index in [4.69, 9.17) is 16.2 Å². The van der Waals surface area contributed by atoms with E-state index < -0.39 is 47.8 Å². The minimum atomic E-state index is -1.10. The van der Waals surface area contributed by atoms with Gasteiger partial charge >= 0.3 is 11.9 Å². The molecular formula is C37H54N6O6. The molecule has 0 aliphatic carbocycles. The van der Waals surface area contributed by atoms with Crippen LogP contribution in [0, 0.1) is 17.8 Å². The number of unbranched alkanes of at least 4 members (excludes halogenated alkanes) is 1. The predicted molar refractivity (Wildman–Crippen MR) is 188 cm³/mol. The number of carbonyl (C=O) groups excluding carboxylic acids is 5. The molecule has 0 bridgehead atoms. The Bertz CT molecular complexity index is 1340. The fourth-order valence-electron chi connectivity index (χ4n) is 5.83. The summed E-state index contributed by atoms with van der Waals surface area (Å²) in [4.78, 5) is 67.1. The first-order valence-electron chi connectivity index (χ1n) is 17.5. The highest BCUT2D eigenvalue weighted by Gasteiger charge is 2.33. The molecule has 0 radical (unpaired) electrons. The van der Waals surface area contributed by atoms with Gasteiger partial charge in [0.2, 0.25) is 17.7 Å². The van der Waals surface area contributed by atoms with E-state index in [0.29, 0.717) is 51.7 Å². The zero-order chi connectivity index (χ0) is 35.6. The summed E-state index contributed by atoms with van der Waals surface area (Å²) in [6.07, 6.45) is 3.35. The highest BCUT2D eigenvalue weighted by atomic mass is 16.6. The topological polar surface area (TPSA) is 195 Å². The van der Waals surface area contributed by atoms with Crippen molar-refractivity contribution in [2.24, 2.45) is 29.2 Å². The van der Waals surface area contributed by atoms with Crippen LogP contribution in [0.2, 0.25) is 0 Å². The number of nitrogens with one attached hydrogen (secondary N) is 4. The van der Waals surface area contributed by atoms with Crippen molar-refractivity contribution < 1.29 is 28.7 Å². The molecule has 3 rings (SSSR count). The molecule has 2 aromatic carbocycles. The molecule has 12 nitrogen and oxygen atoms in total. The second-order valence-electron chi connectivity index (χ2n) is 13.2. The van der Waals surface area contributed by atoms with Crippen molar-refractivity contribution in [2.45, 2.75) is 83.3 Å². The third-order valence-electron chi connectivity index (χ3n) is 8.66. The monoisotopic (exact) mass is 678 g/mol. The molecule has 4 atom stereocenters. The van der Waals surface area contributed by atoms with Gasteiger partial charge < -0.3 is 37.5 Å². The Morgan fingerprint density at radius 3 is 1.88 bits per heavy atom. The van der Waals surface area contributed by atoms with Gasteiger partial charge in [-0.3, -0.25) is 19.2 Å². The molecule has 8 N–H and O–H groups in total. The molecule has 1 aliphatic rings. The fourth-order valence-corrected chi connectivity index (χ4v) is 5.83. The molecular weight excluding hydrogens is 624 g/mol. The molecule has 1 fully saturated rings. The summed E-state index contributed by atoms with van der Waals surface area (Å²) in [5, 5.41) is 11.6. The molecule has 1 aliphatic heterocycles. The normalized spacial score (nSPS) is 15.8. The Morgan fingerprint density at radius 1 is 0.755 bits per heavy atom. The number of piperidine rings is 1. The van der Waals surface area contributed by atoms with Crippen molar-refractivity contribution >= 4 is 29.7 Å². The van der Waals surface area contributed by atoms with E-state index in [1.807, 2.05) is 74.5 Å². The lowest BCUT2D eigenvalue weighted by molar-refractivity contribution is -0.165. The smallest absolute Gasteiger partial charge is 0.336 e. The zero-order valence-corrected chi connectivity index (χ0v) is 28.8. The molecule has 0 unspecified atom stereocenters. The lowest BCUT2D eigenvalue weighted by Gasteiger charge is -2.27. The zero-order valence-electron chi connectivity index (χ0n) is 28.8. The average Bonchev–Trinajstić information content (AvgIpc) is 3.10. The van der Waals surface area contributed by atoms with Crippen LogP contribution in [0.1, 0.15) is 63.5 Å². The Labute approximate surface area is 289 Å². The second-order valence-corrected chi connectivity index (χ2v) is 13.2. The van der Waals surface area contributed by atoms with Crippen molar-refractivity contribution in [2.75, 3.05) is 26.2 Å². The highest BCUT2D eigenvalue weighted by Crippen LogP contribution is 2.16.